The number of nitrogens with zero attached hydrogens (tertiary/aromatic N) is 1. The summed E-state index contributed by atoms with van der Waals surface area (Å²) in [5, 5.41) is 14.0. The van der Waals surface area contributed by atoms with E-state index in [2.05, 4.69) is 11.2 Å². The minimum Gasteiger partial charge on any atom is -0.378 e. The first-order valence-corrected chi connectivity index (χ1v) is 4.64. The van der Waals surface area contributed by atoms with Gasteiger partial charge in [-0.2, -0.15) is 0 Å². The van der Waals surface area contributed by atoms with Gasteiger partial charge in [0.1, 0.15) is 5.69 Å². The molecule has 1 N–H and O–H groups in total. The van der Waals surface area contributed by atoms with Crippen LogP contribution in [-0.4, -0.2) is 11.5 Å². The van der Waals surface area contributed by atoms with E-state index >= 15 is 0 Å². The average Bonchev–Trinajstić information content (AvgIpc) is 2.18. The summed E-state index contributed by atoms with van der Waals surface area (Å²) >= 11 is 5.73. The molecule has 78 valence electrons. The summed E-state index contributed by atoms with van der Waals surface area (Å²) in [5.74, 6) is 2.44. The third kappa shape index (κ3) is 3.15. The van der Waals surface area contributed by atoms with Crippen molar-refractivity contribution >= 4 is 23.0 Å². The number of nitrogens with one attached hydrogen (secondary N) is 1. The molecule has 0 aliphatic carbocycles. The monoisotopic (exact) mass is 224 g/mol. The maximum Gasteiger partial charge on any atom is 0.292 e. The molecule has 1 aromatic rings. The Balaban J connectivity index is 2.88. The van der Waals surface area contributed by atoms with Gasteiger partial charge in [-0.05, 0) is 12.1 Å². The van der Waals surface area contributed by atoms with E-state index < -0.39 is 4.92 Å². The topological polar surface area (TPSA) is 55.2 Å². The molecular formula is C10H9ClN2O2. The van der Waals surface area contributed by atoms with Crippen LogP contribution in [0.3, 0.4) is 0 Å². The van der Waals surface area contributed by atoms with Gasteiger partial charge in [0.15, 0.2) is 0 Å². The van der Waals surface area contributed by atoms with E-state index in [-0.39, 0.29) is 5.69 Å². The summed E-state index contributed by atoms with van der Waals surface area (Å²) in [4.78, 5) is 10.2. The first-order chi connectivity index (χ1) is 7.15. The Bertz CT molecular complexity index is 412. The molecule has 0 radical (unpaired) electrons. The van der Waals surface area contributed by atoms with E-state index in [1.54, 1.807) is 0 Å². The van der Waals surface area contributed by atoms with Crippen molar-refractivity contribution in [2.75, 3.05) is 11.9 Å². The number of hydrogen-bond donors (Lipinski definition) is 1. The minimum atomic E-state index is -0.464. The molecule has 0 amide bonds. The van der Waals surface area contributed by atoms with Crippen molar-refractivity contribution in [3.05, 3.63) is 33.3 Å². The van der Waals surface area contributed by atoms with Crippen LogP contribution in [0.25, 0.3) is 0 Å². The maximum atomic E-state index is 10.6. The summed E-state index contributed by atoms with van der Waals surface area (Å²) in [6, 6.07) is 4.35. The molecule has 0 aliphatic heterocycles. The highest BCUT2D eigenvalue weighted by Gasteiger charge is 2.12. The second-order valence-electron chi connectivity index (χ2n) is 2.80. The van der Waals surface area contributed by atoms with Crippen LogP contribution >= 0.6 is 11.6 Å². The first-order valence-electron chi connectivity index (χ1n) is 4.26. The number of nitro benzene ring substituents is 1. The Labute approximate surface area is 92.4 Å². The molecule has 0 saturated carbocycles. The van der Waals surface area contributed by atoms with Gasteiger partial charge in [-0.3, -0.25) is 10.1 Å². The summed E-state index contributed by atoms with van der Waals surface area (Å²) in [6.45, 7) is 0.484. The molecule has 0 heterocycles. The molecule has 0 unspecified atom stereocenters. The SMILES string of the molecule is C#CCCNc1cc(Cl)ccc1[N+](=O)[O-]. The predicted molar refractivity (Wildman–Crippen MR) is 60.0 cm³/mol. The lowest BCUT2D eigenvalue weighted by atomic mass is 10.2. The number of halogens is 1. The highest BCUT2D eigenvalue weighted by atomic mass is 35.5. The van der Waals surface area contributed by atoms with Crippen molar-refractivity contribution in [1.82, 2.24) is 0 Å². The van der Waals surface area contributed by atoms with E-state index in [1.165, 1.54) is 18.2 Å². The molecule has 0 aromatic heterocycles. The lowest BCUT2D eigenvalue weighted by Gasteiger charge is -2.05. The fourth-order valence-electron chi connectivity index (χ4n) is 1.08. The van der Waals surface area contributed by atoms with E-state index in [1.807, 2.05) is 0 Å². The smallest absolute Gasteiger partial charge is 0.292 e. The fraction of sp³-hybridized carbons (Fsp3) is 0.200. The summed E-state index contributed by atoms with van der Waals surface area (Å²) < 4.78 is 0. The molecule has 0 fully saturated rings. The molecule has 0 spiro atoms. The van der Waals surface area contributed by atoms with E-state index in [9.17, 15) is 10.1 Å². The lowest BCUT2D eigenvalue weighted by molar-refractivity contribution is -0.384. The van der Waals surface area contributed by atoms with Crippen molar-refractivity contribution in [3.8, 4) is 12.3 Å². The largest absolute Gasteiger partial charge is 0.378 e. The average molecular weight is 225 g/mol. The van der Waals surface area contributed by atoms with Crippen LogP contribution in [0.4, 0.5) is 11.4 Å². The molecule has 0 bridgehead atoms. The van der Waals surface area contributed by atoms with Crippen LogP contribution in [0.15, 0.2) is 18.2 Å². The van der Waals surface area contributed by atoms with E-state index in [0.29, 0.717) is 23.7 Å². The summed E-state index contributed by atoms with van der Waals surface area (Å²) in [7, 11) is 0. The van der Waals surface area contributed by atoms with Crippen LogP contribution in [0, 0.1) is 22.5 Å². The third-order valence-corrected chi connectivity index (χ3v) is 1.98. The van der Waals surface area contributed by atoms with Crippen molar-refractivity contribution < 1.29 is 4.92 Å². The standard InChI is InChI=1S/C10H9ClN2O2/c1-2-3-6-12-9-7-8(11)4-5-10(9)13(14)15/h1,4-5,7,12H,3,6H2. The molecule has 0 saturated heterocycles. The van der Waals surface area contributed by atoms with Crippen LogP contribution in [0.2, 0.25) is 5.02 Å². The van der Waals surface area contributed by atoms with Gasteiger partial charge in [-0.1, -0.05) is 11.6 Å². The zero-order valence-electron chi connectivity index (χ0n) is 7.87. The van der Waals surface area contributed by atoms with Gasteiger partial charge in [-0.25, -0.2) is 0 Å². The molecular weight excluding hydrogens is 216 g/mol. The zero-order valence-corrected chi connectivity index (χ0v) is 8.62. The molecule has 1 rings (SSSR count). The lowest BCUT2D eigenvalue weighted by Crippen LogP contribution is -2.03. The number of anilines is 1. The van der Waals surface area contributed by atoms with Gasteiger partial charge in [-0.15, -0.1) is 12.3 Å². The number of terminal acetylenes is 1. The molecule has 0 atom stereocenters. The van der Waals surface area contributed by atoms with Crippen LogP contribution < -0.4 is 5.32 Å². The summed E-state index contributed by atoms with van der Waals surface area (Å²) in [5.41, 5.74) is 0.388. The van der Waals surface area contributed by atoms with Gasteiger partial charge in [0.05, 0.1) is 4.92 Å². The van der Waals surface area contributed by atoms with Gasteiger partial charge in [0.2, 0.25) is 0 Å². The van der Waals surface area contributed by atoms with Crippen molar-refractivity contribution in [3.63, 3.8) is 0 Å². The maximum absolute atomic E-state index is 10.6. The number of rotatable bonds is 4. The number of nitro groups is 1. The Morgan fingerprint density at radius 1 is 1.60 bits per heavy atom. The normalized spacial score (nSPS) is 9.33. The zero-order chi connectivity index (χ0) is 11.3. The summed E-state index contributed by atoms with van der Waals surface area (Å²) in [6.07, 6.45) is 5.57. The minimum absolute atomic E-state index is 0.00331. The van der Waals surface area contributed by atoms with Gasteiger partial charge < -0.3 is 5.32 Å². The van der Waals surface area contributed by atoms with Crippen molar-refractivity contribution in [2.45, 2.75) is 6.42 Å². The van der Waals surface area contributed by atoms with Crippen LogP contribution in [0.5, 0.6) is 0 Å². The van der Waals surface area contributed by atoms with Gasteiger partial charge in [0.25, 0.3) is 5.69 Å². The van der Waals surface area contributed by atoms with Gasteiger partial charge in [0, 0.05) is 24.1 Å². The Hall–Kier alpha value is -1.73. The Morgan fingerprint density at radius 2 is 2.33 bits per heavy atom. The second kappa shape index (κ2) is 5.23. The Kier molecular flexibility index (Phi) is 3.95. The van der Waals surface area contributed by atoms with Crippen LogP contribution in [0.1, 0.15) is 6.42 Å². The number of hydrogen-bond acceptors (Lipinski definition) is 3. The first kappa shape index (κ1) is 11.3. The molecule has 0 aliphatic rings. The highest BCUT2D eigenvalue weighted by Crippen LogP contribution is 2.27. The van der Waals surface area contributed by atoms with Crippen molar-refractivity contribution in [1.29, 1.82) is 0 Å². The fourth-order valence-corrected chi connectivity index (χ4v) is 1.25. The molecule has 1 aromatic carbocycles. The van der Waals surface area contributed by atoms with Crippen LogP contribution in [-0.2, 0) is 0 Å². The molecule has 15 heavy (non-hydrogen) atoms. The highest BCUT2D eigenvalue weighted by molar-refractivity contribution is 6.31. The second-order valence-corrected chi connectivity index (χ2v) is 3.24. The molecule has 5 heteroatoms. The van der Waals surface area contributed by atoms with Gasteiger partial charge >= 0.3 is 0 Å². The quantitative estimate of drug-likeness (QED) is 0.370. The van der Waals surface area contributed by atoms with E-state index in [4.69, 9.17) is 18.0 Å². The predicted octanol–water partition coefficient (Wildman–Crippen LogP) is 2.68. The van der Waals surface area contributed by atoms with Crippen molar-refractivity contribution in [2.24, 2.45) is 0 Å². The van der Waals surface area contributed by atoms with E-state index in [0.717, 1.165) is 0 Å². The Morgan fingerprint density at radius 3 is 2.93 bits per heavy atom. The third-order valence-electron chi connectivity index (χ3n) is 1.74. The number of benzene rings is 1. The molecule has 4 nitrogen and oxygen atoms in total.